The van der Waals surface area contributed by atoms with Crippen LogP contribution < -0.4 is 5.32 Å². The Balaban J connectivity index is 1.72. The SMILES string of the molecule is CCn1cnnc1SCC(=O)NCCc1ccccc1F. The number of hydrogen-bond acceptors (Lipinski definition) is 4. The zero-order valence-electron chi connectivity index (χ0n) is 11.8. The summed E-state index contributed by atoms with van der Waals surface area (Å²) in [6.45, 7) is 3.17. The second kappa shape index (κ2) is 7.78. The third kappa shape index (κ3) is 4.56. The van der Waals surface area contributed by atoms with Gasteiger partial charge in [-0.25, -0.2) is 4.39 Å². The number of nitrogens with zero attached hydrogens (tertiary/aromatic N) is 3. The molecule has 0 aliphatic heterocycles. The highest BCUT2D eigenvalue weighted by molar-refractivity contribution is 7.99. The van der Waals surface area contributed by atoms with Gasteiger partial charge in [-0.15, -0.1) is 10.2 Å². The molecule has 0 spiro atoms. The summed E-state index contributed by atoms with van der Waals surface area (Å²) in [5, 5.41) is 11.2. The van der Waals surface area contributed by atoms with Gasteiger partial charge >= 0.3 is 0 Å². The van der Waals surface area contributed by atoms with Gasteiger partial charge in [0.15, 0.2) is 5.16 Å². The van der Waals surface area contributed by atoms with Crippen molar-refractivity contribution >= 4 is 17.7 Å². The van der Waals surface area contributed by atoms with E-state index in [1.807, 2.05) is 11.5 Å². The Morgan fingerprint density at radius 1 is 1.43 bits per heavy atom. The van der Waals surface area contributed by atoms with Crippen LogP contribution in [-0.2, 0) is 17.8 Å². The maximum atomic E-state index is 13.4. The fourth-order valence-corrected chi connectivity index (χ4v) is 2.60. The number of hydrogen-bond donors (Lipinski definition) is 1. The molecule has 0 fully saturated rings. The third-order valence-corrected chi connectivity index (χ3v) is 3.91. The molecule has 0 atom stereocenters. The monoisotopic (exact) mass is 308 g/mol. The number of carbonyl (C=O) groups is 1. The zero-order valence-corrected chi connectivity index (χ0v) is 12.6. The lowest BCUT2D eigenvalue weighted by molar-refractivity contribution is -0.118. The highest BCUT2D eigenvalue weighted by Gasteiger charge is 2.08. The van der Waals surface area contributed by atoms with Crippen LogP contribution in [0.5, 0.6) is 0 Å². The minimum atomic E-state index is -0.239. The van der Waals surface area contributed by atoms with Gasteiger partial charge in [-0.1, -0.05) is 30.0 Å². The molecule has 0 saturated heterocycles. The second-order valence-corrected chi connectivity index (χ2v) is 5.32. The summed E-state index contributed by atoms with van der Waals surface area (Å²) in [5.41, 5.74) is 0.608. The lowest BCUT2D eigenvalue weighted by Gasteiger charge is -2.06. The van der Waals surface area contributed by atoms with Gasteiger partial charge in [-0.05, 0) is 25.0 Å². The molecule has 1 aromatic carbocycles. The van der Waals surface area contributed by atoms with E-state index in [-0.39, 0.29) is 17.5 Å². The van der Waals surface area contributed by atoms with Gasteiger partial charge in [0.25, 0.3) is 0 Å². The first-order chi connectivity index (χ1) is 10.2. The van der Waals surface area contributed by atoms with Crippen molar-refractivity contribution in [3.05, 3.63) is 42.0 Å². The van der Waals surface area contributed by atoms with Crippen LogP contribution in [0.1, 0.15) is 12.5 Å². The minimum absolute atomic E-state index is 0.0954. The van der Waals surface area contributed by atoms with Crippen molar-refractivity contribution in [3.8, 4) is 0 Å². The summed E-state index contributed by atoms with van der Waals surface area (Å²) in [5.74, 6) is -0.0603. The molecule has 2 rings (SSSR count). The molecule has 0 saturated carbocycles. The lowest BCUT2D eigenvalue weighted by Crippen LogP contribution is -2.27. The number of nitrogens with one attached hydrogen (secondary N) is 1. The van der Waals surface area contributed by atoms with Crippen molar-refractivity contribution in [1.82, 2.24) is 20.1 Å². The van der Waals surface area contributed by atoms with Gasteiger partial charge in [-0.3, -0.25) is 4.79 Å². The standard InChI is InChI=1S/C14H17FN4OS/c1-2-19-10-17-18-14(19)21-9-13(20)16-8-7-11-5-3-4-6-12(11)15/h3-6,10H,2,7-9H2,1H3,(H,16,20). The predicted molar refractivity (Wildman–Crippen MR) is 79.5 cm³/mol. The minimum Gasteiger partial charge on any atom is -0.355 e. The summed E-state index contributed by atoms with van der Waals surface area (Å²) < 4.78 is 15.3. The summed E-state index contributed by atoms with van der Waals surface area (Å²) in [6.07, 6.45) is 2.12. The number of halogens is 1. The molecular formula is C14H17FN4OS. The van der Waals surface area contributed by atoms with E-state index in [4.69, 9.17) is 0 Å². The van der Waals surface area contributed by atoms with Crippen LogP contribution in [0.3, 0.4) is 0 Å². The third-order valence-electron chi connectivity index (χ3n) is 2.93. The summed E-state index contributed by atoms with van der Waals surface area (Å²) in [6, 6.07) is 6.58. The molecule has 112 valence electrons. The van der Waals surface area contributed by atoms with Crippen molar-refractivity contribution in [3.63, 3.8) is 0 Å². The molecule has 1 heterocycles. The lowest BCUT2D eigenvalue weighted by atomic mass is 10.1. The predicted octanol–water partition coefficient (Wildman–Crippen LogP) is 1.89. The largest absolute Gasteiger partial charge is 0.355 e. The summed E-state index contributed by atoms with van der Waals surface area (Å²) in [4.78, 5) is 11.7. The van der Waals surface area contributed by atoms with Crippen LogP contribution in [0.4, 0.5) is 4.39 Å². The number of aryl methyl sites for hydroxylation is 1. The Morgan fingerprint density at radius 3 is 3.00 bits per heavy atom. The van der Waals surface area contributed by atoms with E-state index in [0.29, 0.717) is 18.5 Å². The Bertz CT molecular complexity index is 602. The van der Waals surface area contributed by atoms with Crippen LogP contribution in [0.2, 0.25) is 0 Å². The fraction of sp³-hybridized carbons (Fsp3) is 0.357. The maximum absolute atomic E-state index is 13.4. The van der Waals surface area contributed by atoms with Gasteiger partial charge < -0.3 is 9.88 Å². The molecule has 0 aliphatic carbocycles. The molecule has 1 aromatic heterocycles. The topological polar surface area (TPSA) is 59.8 Å². The molecule has 0 bridgehead atoms. The number of rotatable bonds is 7. The summed E-state index contributed by atoms with van der Waals surface area (Å²) >= 11 is 1.34. The van der Waals surface area contributed by atoms with E-state index in [1.165, 1.54) is 17.8 Å². The number of aromatic nitrogens is 3. The van der Waals surface area contributed by atoms with Gasteiger partial charge in [0, 0.05) is 13.1 Å². The van der Waals surface area contributed by atoms with Crippen LogP contribution >= 0.6 is 11.8 Å². The molecule has 0 aliphatic rings. The van der Waals surface area contributed by atoms with E-state index in [1.54, 1.807) is 24.5 Å². The Hall–Kier alpha value is -1.89. The van der Waals surface area contributed by atoms with Crippen molar-refractivity contribution < 1.29 is 9.18 Å². The van der Waals surface area contributed by atoms with E-state index in [2.05, 4.69) is 15.5 Å². The Kier molecular flexibility index (Phi) is 5.74. The quantitative estimate of drug-likeness (QED) is 0.794. The van der Waals surface area contributed by atoms with Crippen molar-refractivity contribution in [2.24, 2.45) is 0 Å². The summed E-state index contributed by atoms with van der Waals surface area (Å²) in [7, 11) is 0. The second-order valence-electron chi connectivity index (χ2n) is 4.38. The zero-order chi connectivity index (χ0) is 15.1. The molecule has 1 N–H and O–H groups in total. The van der Waals surface area contributed by atoms with Gasteiger partial charge in [-0.2, -0.15) is 0 Å². The molecule has 0 radical (unpaired) electrons. The highest BCUT2D eigenvalue weighted by Crippen LogP contribution is 2.13. The smallest absolute Gasteiger partial charge is 0.230 e. The van der Waals surface area contributed by atoms with Crippen LogP contribution in [-0.4, -0.2) is 33.0 Å². The fourth-order valence-electron chi connectivity index (χ4n) is 1.79. The number of carbonyl (C=O) groups excluding carboxylic acids is 1. The van der Waals surface area contributed by atoms with E-state index < -0.39 is 0 Å². The molecular weight excluding hydrogens is 291 g/mol. The first-order valence-corrected chi connectivity index (χ1v) is 7.70. The number of benzene rings is 1. The molecule has 5 nitrogen and oxygen atoms in total. The van der Waals surface area contributed by atoms with E-state index >= 15 is 0 Å². The first kappa shape index (κ1) is 15.5. The van der Waals surface area contributed by atoms with Gasteiger partial charge in [0.1, 0.15) is 12.1 Å². The number of thioether (sulfide) groups is 1. The van der Waals surface area contributed by atoms with Gasteiger partial charge in [0.05, 0.1) is 5.75 Å². The van der Waals surface area contributed by atoms with Crippen LogP contribution in [0.25, 0.3) is 0 Å². The Morgan fingerprint density at radius 2 is 2.24 bits per heavy atom. The normalized spacial score (nSPS) is 10.6. The molecule has 2 aromatic rings. The maximum Gasteiger partial charge on any atom is 0.230 e. The van der Waals surface area contributed by atoms with Crippen LogP contribution in [0, 0.1) is 5.82 Å². The van der Waals surface area contributed by atoms with E-state index in [0.717, 1.165) is 11.7 Å². The molecule has 0 unspecified atom stereocenters. The van der Waals surface area contributed by atoms with Crippen molar-refractivity contribution in [2.45, 2.75) is 25.0 Å². The number of amides is 1. The molecule has 21 heavy (non-hydrogen) atoms. The highest BCUT2D eigenvalue weighted by atomic mass is 32.2. The average Bonchev–Trinajstić information content (AvgIpc) is 2.94. The Labute approximate surface area is 127 Å². The van der Waals surface area contributed by atoms with E-state index in [9.17, 15) is 9.18 Å². The molecule has 7 heteroatoms. The van der Waals surface area contributed by atoms with Crippen molar-refractivity contribution in [2.75, 3.05) is 12.3 Å². The first-order valence-electron chi connectivity index (χ1n) is 6.71. The average molecular weight is 308 g/mol. The van der Waals surface area contributed by atoms with Gasteiger partial charge in [0.2, 0.25) is 5.91 Å². The molecule has 1 amide bonds. The van der Waals surface area contributed by atoms with Crippen LogP contribution in [0.15, 0.2) is 35.7 Å². The van der Waals surface area contributed by atoms with Crippen molar-refractivity contribution in [1.29, 1.82) is 0 Å².